The van der Waals surface area contributed by atoms with E-state index in [1.807, 2.05) is 11.9 Å². The molecule has 0 aromatic heterocycles. The normalized spacial score (nSPS) is 32.3. The van der Waals surface area contributed by atoms with E-state index in [0.717, 1.165) is 38.5 Å². The van der Waals surface area contributed by atoms with Crippen LogP contribution < -0.4 is 10.6 Å². The van der Waals surface area contributed by atoms with Crippen LogP contribution in [0.15, 0.2) is 4.99 Å². The summed E-state index contributed by atoms with van der Waals surface area (Å²) in [6.45, 7) is 6.45. The maximum atomic E-state index is 11.7. The van der Waals surface area contributed by atoms with Gasteiger partial charge in [-0.1, -0.05) is 6.42 Å². The zero-order valence-corrected chi connectivity index (χ0v) is 15.3. The maximum absolute atomic E-state index is 11.7. The molecule has 24 heavy (non-hydrogen) atoms. The molecule has 1 heterocycles. The largest absolute Gasteiger partial charge is 0.378 e. The van der Waals surface area contributed by atoms with Gasteiger partial charge < -0.3 is 20.3 Å². The number of amides is 1. The van der Waals surface area contributed by atoms with Crippen LogP contribution in [0, 0.1) is 5.41 Å². The molecule has 0 aromatic rings. The van der Waals surface area contributed by atoms with Gasteiger partial charge in [0.15, 0.2) is 5.96 Å². The van der Waals surface area contributed by atoms with Gasteiger partial charge in [0.1, 0.15) is 0 Å². The Balaban J connectivity index is 1.57. The molecule has 3 rings (SSSR count). The van der Waals surface area contributed by atoms with Crippen LogP contribution >= 0.6 is 0 Å². The summed E-state index contributed by atoms with van der Waals surface area (Å²) in [4.78, 5) is 18.1. The van der Waals surface area contributed by atoms with Crippen LogP contribution in [0.25, 0.3) is 0 Å². The van der Waals surface area contributed by atoms with Crippen molar-refractivity contribution in [3.05, 3.63) is 0 Å². The molecule has 0 radical (unpaired) electrons. The van der Waals surface area contributed by atoms with E-state index < -0.39 is 0 Å². The standard InChI is InChI=1S/C18H32N4O2/c1-4-19-17(20-13-7-8-16(23)22(3)12-13)21-14-11-15(24-5-2)18(14)9-6-10-18/h13-15H,4-12H2,1-3H3,(H2,19,20,21). The lowest BCUT2D eigenvalue weighted by Crippen LogP contribution is -2.69. The lowest BCUT2D eigenvalue weighted by atomic mass is 9.51. The number of ether oxygens (including phenoxy) is 1. The van der Waals surface area contributed by atoms with Crippen molar-refractivity contribution in [2.24, 2.45) is 10.4 Å². The first kappa shape index (κ1) is 17.5. The number of rotatable bonds is 5. The number of nitrogens with zero attached hydrogens (tertiary/aromatic N) is 2. The number of likely N-dealkylation sites (tertiary alicyclic amines) is 1. The molecule has 1 aliphatic heterocycles. The average Bonchev–Trinajstić information content (AvgIpc) is 2.48. The van der Waals surface area contributed by atoms with Gasteiger partial charge in [0.25, 0.3) is 0 Å². The van der Waals surface area contributed by atoms with E-state index in [9.17, 15) is 4.79 Å². The highest BCUT2D eigenvalue weighted by atomic mass is 16.5. The molecule has 6 heteroatoms. The molecule has 3 unspecified atom stereocenters. The number of likely N-dealkylation sites (N-methyl/N-ethyl adjacent to an activating group) is 1. The highest BCUT2D eigenvalue weighted by molar-refractivity contribution is 5.81. The van der Waals surface area contributed by atoms with Crippen LogP contribution in [0.4, 0.5) is 0 Å². The van der Waals surface area contributed by atoms with Crippen LogP contribution in [0.1, 0.15) is 52.4 Å². The predicted octanol–water partition coefficient (Wildman–Crippen LogP) is 1.51. The van der Waals surface area contributed by atoms with Gasteiger partial charge in [-0.25, -0.2) is 0 Å². The van der Waals surface area contributed by atoms with Crippen molar-refractivity contribution in [3.8, 4) is 0 Å². The molecule has 136 valence electrons. The summed E-state index contributed by atoms with van der Waals surface area (Å²) >= 11 is 0. The molecule has 3 atom stereocenters. The van der Waals surface area contributed by atoms with Crippen LogP contribution in [0.5, 0.6) is 0 Å². The van der Waals surface area contributed by atoms with Crippen molar-refractivity contribution in [2.75, 3.05) is 26.7 Å². The van der Waals surface area contributed by atoms with E-state index in [2.05, 4.69) is 29.5 Å². The van der Waals surface area contributed by atoms with Gasteiger partial charge in [0.2, 0.25) is 5.91 Å². The Bertz CT molecular complexity index is 489. The fourth-order valence-corrected chi connectivity index (χ4v) is 4.42. The number of guanidine groups is 1. The van der Waals surface area contributed by atoms with Gasteiger partial charge >= 0.3 is 0 Å². The zero-order valence-electron chi connectivity index (χ0n) is 15.3. The zero-order chi connectivity index (χ0) is 17.2. The molecule has 2 aliphatic carbocycles. The Kier molecular flexibility index (Phi) is 5.33. The minimum absolute atomic E-state index is 0.238. The number of aliphatic imine (C=N–C) groups is 1. The molecule has 1 spiro atoms. The molecule has 3 fully saturated rings. The number of piperidine rings is 1. The highest BCUT2D eigenvalue weighted by Crippen LogP contribution is 2.57. The van der Waals surface area contributed by atoms with E-state index in [1.54, 1.807) is 0 Å². The number of hydrogen-bond donors (Lipinski definition) is 2. The molecule has 1 saturated heterocycles. The fourth-order valence-electron chi connectivity index (χ4n) is 4.42. The average molecular weight is 336 g/mol. The third kappa shape index (κ3) is 3.25. The summed E-state index contributed by atoms with van der Waals surface area (Å²) in [5, 5.41) is 7.21. The Morgan fingerprint density at radius 1 is 1.38 bits per heavy atom. The summed E-state index contributed by atoms with van der Waals surface area (Å²) in [5.74, 6) is 1.14. The summed E-state index contributed by atoms with van der Waals surface area (Å²) in [7, 11) is 1.88. The second-order valence-electron chi connectivity index (χ2n) is 7.44. The second kappa shape index (κ2) is 7.30. The molecule has 6 nitrogen and oxygen atoms in total. The summed E-state index contributed by atoms with van der Waals surface area (Å²) < 4.78 is 5.94. The minimum atomic E-state index is 0.238. The first-order chi connectivity index (χ1) is 11.6. The van der Waals surface area contributed by atoms with E-state index in [4.69, 9.17) is 4.74 Å². The quantitative estimate of drug-likeness (QED) is 0.590. The van der Waals surface area contributed by atoms with E-state index in [1.165, 1.54) is 19.3 Å². The Morgan fingerprint density at radius 3 is 2.75 bits per heavy atom. The Hall–Kier alpha value is -1.30. The van der Waals surface area contributed by atoms with Crippen LogP contribution in [-0.4, -0.2) is 61.7 Å². The van der Waals surface area contributed by atoms with Gasteiger partial charge in [0.05, 0.1) is 6.10 Å². The predicted molar refractivity (Wildman–Crippen MR) is 95.0 cm³/mol. The van der Waals surface area contributed by atoms with Crippen molar-refractivity contribution in [1.82, 2.24) is 15.5 Å². The minimum Gasteiger partial charge on any atom is -0.378 e. The lowest BCUT2D eigenvalue weighted by molar-refractivity contribution is -0.168. The van der Waals surface area contributed by atoms with E-state index >= 15 is 0 Å². The SMILES string of the molecule is CCN=C(NC1CCC(=O)N(C)C1)NC1CC(OCC)C12CCC2. The molecule has 1 amide bonds. The third-order valence-electron chi connectivity index (χ3n) is 6.03. The van der Waals surface area contributed by atoms with Crippen molar-refractivity contribution >= 4 is 11.9 Å². The molecular formula is C18H32N4O2. The van der Waals surface area contributed by atoms with Gasteiger partial charge in [-0.2, -0.15) is 0 Å². The third-order valence-corrected chi connectivity index (χ3v) is 6.03. The summed E-state index contributed by atoms with van der Waals surface area (Å²) in [6.07, 6.45) is 6.81. The van der Waals surface area contributed by atoms with Crippen LogP contribution in [0.2, 0.25) is 0 Å². The van der Waals surface area contributed by atoms with Crippen molar-refractivity contribution in [3.63, 3.8) is 0 Å². The van der Waals surface area contributed by atoms with E-state index in [0.29, 0.717) is 24.0 Å². The van der Waals surface area contributed by atoms with Crippen molar-refractivity contribution in [1.29, 1.82) is 0 Å². The number of hydrogen-bond acceptors (Lipinski definition) is 3. The molecule has 2 saturated carbocycles. The number of carbonyl (C=O) groups is 1. The first-order valence-corrected chi connectivity index (χ1v) is 9.52. The topological polar surface area (TPSA) is 66.0 Å². The van der Waals surface area contributed by atoms with Gasteiger partial charge in [-0.3, -0.25) is 9.79 Å². The summed E-state index contributed by atoms with van der Waals surface area (Å²) in [5.41, 5.74) is 0.325. The smallest absolute Gasteiger partial charge is 0.222 e. The monoisotopic (exact) mass is 336 g/mol. The molecule has 0 aromatic carbocycles. The first-order valence-electron chi connectivity index (χ1n) is 9.52. The second-order valence-corrected chi connectivity index (χ2v) is 7.44. The fraction of sp³-hybridized carbons (Fsp3) is 0.889. The molecule has 2 N–H and O–H groups in total. The van der Waals surface area contributed by atoms with Crippen molar-refractivity contribution in [2.45, 2.75) is 70.6 Å². The van der Waals surface area contributed by atoms with Gasteiger partial charge in [-0.15, -0.1) is 0 Å². The van der Waals surface area contributed by atoms with E-state index in [-0.39, 0.29) is 11.9 Å². The van der Waals surface area contributed by atoms with Crippen LogP contribution in [0.3, 0.4) is 0 Å². The van der Waals surface area contributed by atoms with Gasteiger partial charge in [0, 0.05) is 50.7 Å². The maximum Gasteiger partial charge on any atom is 0.222 e. The number of nitrogens with one attached hydrogen (secondary N) is 2. The van der Waals surface area contributed by atoms with Gasteiger partial charge in [-0.05, 0) is 39.5 Å². The Labute approximate surface area is 145 Å². The Morgan fingerprint density at radius 2 is 2.17 bits per heavy atom. The molecular weight excluding hydrogens is 304 g/mol. The van der Waals surface area contributed by atoms with Crippen LogP contribution in [-0.2, 0) is 9.53 Å². The highest BCUT2D eigenvalue weighted by Gasteiger charge is 2.59. The lowest BCUT2D eigenvalue weighted by Gasteiger charge is -2.61. The van der Waals surface area contributed by atoms with Crippen molar-refractivity contribution < 1.29 is 9.53 Å². The number of carbonyl (C=O) groups excluding carboxylic acids is 1. The molecule has 3 aliphatic rings. The summed E-state index contributed by atoms with van der Waals surface area (Å²) in [6, 6.07) is 0.745. The molecule has 0 bridgehead atoms.